The summed E-state index contributed by atoms with van der Waals surface area (Å²) in [4.78, 5) is 25.2. The molecule has 1 aromatic rings. The Balaban J connectivity index is 2.69. The summed E-state index contributed by atoms with van der Waals surface area (Å²) in [6, 6.07) is 3.27. The second-order valence-corrected chi connectivity index (χ2v) is 8.08. The first-order valence-corrected chi connectivity index (χ1v) is 7.27. The molecule has 0 aliphatic carbocycles. The van der Waals surface area contributed by atoms with Crippen LogP contribution in [0.15, 0.2) is 16.6 Å². The highest BCUT2D eigenvalue weighted by molar-refractivity contribution is 9.25. The number of anilines is 1. The van der Waals surface area contributed by atoms with Gasteiger partial charge in [0.25, 0.3) is 5.91 Å². The van der Waals surface area contributed by atoms with Gasteiger partial charge in [-0.25, -0.2) is 4.79 Å². The summed E-state index contributed by atoms with van der Waals surface area (Å²) >= 11 is 10.0. The third-order valence-corrected chi connectivity index (χ3v) is 4.87. The normalized spacial score (nSPS) is 16.7. The maximum Gasteiger partial charge on any atom is 0.337 e. The van der Waals surface area contributed by atoms with Crippen LogP contribution in [0.3, 0.4) is 0 Å². The van der Waals surface area contributed by atoms with Gasteiger partial charge in [0.1, 0.15) is 0 Å². The van der Waals surface area contributed by atoms with Crippen LogP contribution < -0.4 is 4.90 Å². The quantitative estimate of drug-likeness (QED) is 0.497. The lowest BCUT2D eigenvalue weighted by atomic mass is 10.1. The number of rotatable bonds is 1. The smallest absolute Gasteiger partial charge is 0.337 e. The average Bonchev–Trinajstić information content (AvgIpc) is 2.50. The molecule has 0 saturated carbocycles. The molecule has 0 N–H and O–H groups in total. The minimum absolute atomic E-state index is 0.153. The summed E-state index contributed by atoms with van der Waals surface area (Å²) in [5.74, 6) is -0.600. The molecule has 1 aliphatic rings. The molecule has 0 radical (unpaired) electrons. The van der Waals surface area contributed by atoms with E-state index in [2.05, 4.69) is 52.5 Å². The highest BCUT2D eigenvalue weighted by Crippen LogP contribution is 2.52. The Morgan fingerprint density at radius 3 is 2.56 bits per heavy atom. The van der Waals surface area contributed by atoms with Gasteiger partial charge in [-0.1, -0.05) is 31.9 Å². The molecule has 4 nitrogen and oxygen atoms in total. The van der Waals surface area contributed by atoms with Crippen LogP contribution in [-0.2, 0) is 12.8 Å². The van der Waals surface area contributed by atoms with Crippen molar-refractivity contribution in [2.24, 2.45) is 0 Å². The van der Waals surface area contributed by atoms with Crippen molar-refractivity contribution >= 4 is 65.4 Å². The largest absolute Gasteiger partial charge is 0.465 e. The van der Waals surface area contributed by atoms with Gasteiger partial charge in [0.15, 0.2) is 3.23 Å². The summed E-state index contributed by atoms with van der Waals surface area (Å²) in [5.41, 5.74) is 1.78. The summed E-state index contributed by atoms with van der Waals surface area (Å²) in [6.07, 6.45) is 0. The number of hydrogen-bond donors (Lipinski definition) is 0. The van der Waals surface area contributed by atoms with E-state index < -0.39 is 9.20 Å². The lowest BCUT2D eigenvalue weighted by Gasteiger charge is -2.12. The molecule has 1 aromatic carbocycles. The standard InChI is InChI=1S/C11H8Br3NO3/c1-15-8-6(11(13,14)10(15)17)3-5(4-7(8)12)9(16)18-2/h3-4H,1-2H3. The van der Waals surface area contributed by atoms with Crippen LogP contribution >= 0.6 is 47.8 Å². The van der Waals surface area contributed by atoms with Crippen molar-refractivity contribution in [3.05, 3.63) is 27.7 Å². The maximum absolute atomic E-state index is 12.1. The van der Waals surface area contributed by atoms with Crippen LogP contribution in [0.5, 0.6) is 0 Å². The van der Waals surface area contributed by atoms with Gasteiger partial charge in [-0.05, 0) is 28.1 Å². The highest BCUT2D eigenvalue weighted by atomic mass is 79.9. The maximum atomic E-state index is 12.1. The number of amides is 1. The number of fused-ring (bicyclic) bond motifs is 1. The van der Waals surface area contributed by atoms with E-state index in [-0.39, 0.29) is 5.91 Å². The molecule has 0 aromatic heterocycles. The molecule has 7 heteroatoms. The number of nitrogens with zero attached hydrogens (tertiary/aromatic N) is 1. The highest BCUT2D eigenvalue weighted by Gasteiger charge is 2.47. The fraction of sp³-hybridized carbons (Fsp3) is 0.273. The van der Waals surface area contributed by atoms with Crippen LogP contribution in [0.4, 0.5) is 5.69 Å². The average molecular weight is 442 g/mol. The number of hydrogen-bond acceptors (Lipinski definition) is 3. The number of methoxy groups -OCH3 is 1. The summed E-state index contributed by atoms with van der Waals surface area (Å²) in [6.45, 7) is 0. The molecule has 0 bridgehead atoms. The molecule has 1 aliphatic heterocycles. The molecule has 0 saturated heterocycles. The lowest BCUT2D eigenvalue weighted by Crippen LogP contribution is -2.29. The van der Waals surface area contributed by atoms with Crippen molar-refractivity contribution in [3.8, 4) is 0 Å². The van der Waals surface area contributed by atoms with Gasteiger partial charge in [-0.15, -0.1) is 0 Å². The summed E-state index contributed by atoms with van der Waals surface area (Å²) < 4.78 is 4.34. The zero-order valence-corrected chi connectivity index (χ0v) is 14.2. The van der Waals surface area contributed by atoms with Gasteiger partial charge in [0.2, 0.25) is 0 Å². The molecular formula is C11H8Br3NO3. The number of carbonyl (C=O) groups is 2. The summed E-state index contributed by atoms with van der Waals surface area (Å²) in [5, 5.41) is 0. The predicted octanol–water partition coefficient (Wildman–Crippen LogP) is 3.15. The predicted molar refractivity (Wildman–Crippen MR) is 78.4 cm³/mol. The van der Waals surface area contributed by atoms with Crippen LogP contribution in [0.25, 0.3) is 0 Å². The molecule has 18 heavy (non-hydrogen) atoms. The van der Waals surface area contributed by atoms with Crippen LogP contribution in [-0.4, -0.2) is 26.0 Å². The number of esters is 1. The van der Waals surface area contributed by atoms with Crippen molar-refractivity contribution in [2.75, 3.05) is 19.1 Å². The van der Waals surface area contributed by atoms with Gasteiger partial charge < -0.3 is 9.64 Å². The molecule has 0 unspecified atom stereocenters. The van der Waals surface area contributed by atoms with Crippen LogP contribution in [0.1, 0.15) is 15.9 Å². The van der Waals surface area contributed by atoms with Gasteiger partial charge in [-0.3, -0.25) is 4.79 Å². The third-order valence-electron chi connectivity index (χ3n) is 2.73. The Bertz CT molecular complexity index is 557. The first-order valence-electron chi connectivity index (χ1n) is 4.89. The van der Waals surface area contributed by atoms with E-state index >= 15 is 0 Å². The van der Waals surface area contributed by atoms with E-state index in [0.717, 1.165) is 5.69 Å². The second kappa shape index (κ2) is 4.61. The molecule has 96 valence electrons. The Labute approximate surface area is 129 Å². The van der Waals surface area contributed by atoms with Crippen molar-refractivity contribution < 1.29 is 14.3 Å². The molecule has 0 atom stereocenters. The monoisotopic (exact) mass is 439 g/mol. The van der Waals surface area contributed by atoms with E-state index in [4.69, 9.17) is 0 Å². The Morgan fingerprint density at radius 2 is 2.00 bits per heavy atom. The zero-order valence-electron chi connectivity index (χ0n) is 9.46. The fourth-order valence-corrected chi connectivity index (χ4v) is 3.71. The van der Waals surface area contributed by atoms with E-state index in [9.17, 15) is 9.59 Å². The Hall–Kier alpha value is -0.400. The van der Waals surface area contributed by atoms with Crippen molar-refractivity contribution in [2.45, 2.75) is 3.23 Å². The second-order valence-electron chi connectivity index (χ2n) is 3.78. The minimum atomic E-state index is -1.00. The first-order chi connectivity index (χ1) is 8.30. The van der Waals surface area contributed by atoms with Gasteiger partial charge >= 0.3 is 5.97 Å². The lowest BCUT2D eigenvalue weighted by molar-refractivity contribution is -0.117. The molecule has 1 heterocycles. The fourth-order valence-electron chi connectivity index (χ4n) is 1.84. The first kappa shape index (κ1) is 14.0. The molecule has 1 amide bonds. The van der Waals surface area contributed by atoms with Crippen molar-refractivity contribution in [1.82, 2.24) is 0 Å². The van der Waals surface area contributed by atoms with Gasteiger partial charge in [0, 0.05) is 17.1 Å². The van der Waals surface area contributed by atoms with Crippen LogP contribution in [0.2, 0.25) is 0 Å². The van der Waals surface area contributed by atoms with E-state index in [1.165, 1.54) is 12.0 Å². The van der Waals surface area contributed by atoms with Crippen LogP contribution in [0, 0.1) is 0 Å². The van der Waals surface area contributed by atoms with E-state index in [0.29, 0.717) is 15.6 Å². The van der Waals surface area contributed by atoms with E-state index in [1.54, 1.807) is 19.2 Å². The summed E-state index contributed by atoms with van der Waals surface area (Å²) in [7, 11) is 2.99. The Morgan fingerprint density at radius 1 is 1.39 bits per heavy atom. The molecule has 2 rings (SSSR count). The van der Waals surface area contributed by atoms with Crippen molar-refractivity contribution in [1.29, 1.82) is 0 Å². The third kappa shape index (κ3) is 1.92. The SMILES string of the molecule is COC(=O)c1cc(Br)c2c(c1)C(Br)(Br)C(=O)N2C. The number of halogens is 3. The number of benzene rings is 1. The minimum Gasteiger partial charge on any atom is -0.465 e. The molecule has 0 spiro atoms. The molecular weight excluding hydrogens is 434 g/mol. The number of likely N-dealkylation sites (N-methyl/N-ethyl adjacent to an activating group) is 1. The topological polar surface area (TPSA) is 46.6 Å². The zero-order chi connectivity index (χ0) is 13.7. The van der Waals surface area contributed by atoms with Gasteiger partial charge in [-0.2, -0.15) is 0 Å². The number of carbonyl (C=O) groups excluding carboxylic acids is 2. The number of alkyl halides is 2. The van der Waals surface area contributed by atoms with Gasteiger partial charge in [0.05, 0.1) is 18.4 Å². The number of ether oxygens (including phenoxy) is 1. The molecule has 0 fully saturated rings. The Kier molecular flexibility index (Phi) is 3.59. The van der Waals surface area contributed by atoms with Crippen molar-refractivity contribution in [3.63, 3.8) is 0 Å². The van der Waals surface area contributed by atoms with E-state index in [1.807, 2.05) is 0 Å².